The number of hydrogen-bond donors (Lipinski definition) is 1. The quantitative estimate of drug-likeness (QED) is 0.919. The van der Waals surface area contributed by atoms with Crippen molar-refractivity contribution in [2.75, 3.05) is 12.4 Å². The van der Waals surface area contributed by atoms with E-state index in [0.717, 1.165) is 28.7 Å². The summed E-state index contributed by atoms with van der Waals surface area (Å²) in [6.45, 7) is 4.77. The lowest BCUT2D eigenvalue weighted by atomic mass is 10.3. The Balaban J connectivity index is 2.14. The van der Waals surface area contributed by atoms with Gasteiger partial charge >= 0.3 is 0 Å². The van der Waals surface area contributed by atoms with Gasteiger partial charge in [0.15, 0.2) is 0 Å². The van der Waals surface area contributed by atoms with Gasteiger partial charge in [-0.05, 0) is 32.0 Å². The number of hydrogen-bond acceptors (Lipinski definition) is 4. The van der Waals surface area contributed by atoms with Crippen LogP contribution in [-0.4, -0.2) is 12.1 Å². The summed E-state index contributed by atoms with van der Waals surface area (Å²) in [5.41, 5.74) is 1.97. The van der Waals surface area contributed by atoms with E-state index in [1.165, 1.54) is 4.88 Å². The third-order valence-electron chi connectivity index (χ3n) is 2.60. The second kappa shape index (κ2) is 5.59. The van der Waals surface area contributed by atoms with E-state index < -0.39 is 0 Å². The van der Waals surface area contributed by atoms with Crippen molar-refractivity contribution in [1.82, 2.24) is 4.98 Å². The molecule has 3 nitrogen and oxygen atoms in total. The van der Waals surface area contributed by atoms with Gasteiger partial charge in [-0.1, -0.05) is 11.6 Å². The second-order valence-electron chi connectivity index (χ2n) is 3.94. The number of thiazole rings is 1. The van der Waals surface area contributed by atoms with Crippen molar-refractivity contribution in [3.05, 3.63) is 38.8 Å². The molecule has 96 valence electrons. The van der Waals surface area contributed by atoms with Gasteiger partial charge in [0.2, 0.25) is 0 Å². The van der Waals surface area contributed by atoms with Crippen LogP contribution in [0.4, 0.5) is 5.69 Å². The lowest BCUT2D eigenvalue weighted by Crippen LogP contribution is -2.01. The van der Waals surface area contributed by atoms with Crippen LogP contribution in [0.5, 0.6) is 5.75 Å². The first-order chi connectivity index (χ1) is 8.60. The van der Waals surface area contributed by atoms with Crippen LogP contribution in [0.25, 0.3) is 0 Å². The SMILES string of the molecule is COc1ccc(Cl)cc1NCc1sc(C)nc1C. The van der Waals surface area contributed by atoms with Crippen LogP contribution in [0.1, 0.15) is 15.6 Å². The molecule has 0 radical (unpaired) electrons. The maximum absolute atomic E-state index is 5.99. The highest BCUT2D eigenvalue weighted by atomic mass is 35.5. The van der Waals surface area contributed by atoms with Crippen LogP contribution in [-0.2, 0) is 6.54 Å². The first-order valence-corrected chi connectivity index (χ1v) is 6.80. The third kappa shape index (κ3) is 2.94. The highest BCUT2D eigenvalue weighted by Crippen LogP contribution is 2.29. The van der Waals surface area contributed by atoms with E-state index in [0.29, 0.717) is 5.02 Å². The maximum Gasteiger partial charge on any atom is 0.142 e. The molecular formula is C13H15ClN2OS. The predicted octanol–water partition coefficient (Wildman–Crippen LogP) is 4.03. The average Bonchev–Trinajstić information content (AvgIpc) is 2.65. The number of nitrogens with one attached hydrogen (secondary N) is 1. The molecule has 0 aliphatic rings. The summed E-state index contributed by atoms with van der Waals surface area (Å²) in [6, 6.07) is 5.53. The number of aromatic nitrogens is 1. The minimum atomic E-state index is 0.690. The second-order valence-corrected chi connectivity index (χ2v) is 5.66. The molecule has 0 saturated heterocycles. The van der Waals surface area contributed by atoms with Crippen molar-refractivity contribution < 1.29 is 4.74 Å². The summed E-state index contributed by atoms with van der Waals surface area (Å²) < 4.78 is 5.29. The van der Waals surface area contributed by atoms with Gasteiger partial charge in [0.05, 0.1) is 30.0 Å². The summed E-state index contributed by atoms with van der Waals surface area (Å²) in [5.74, 6) is 0.790. The summed E-state index contributed by atoms with van der Waals surface area (Å²) in [6.07, 6.45) is 0. The van der Waals surface area contributed by atoms with E-state index in [4.69, 9.17) is 16.3 Å². The summed E-state index contributed by atoms with van der Waals surface area (Å²) in [5, 5.41) is 5.11. The van der Waals surface area contributed by atoms with E-state index >= 15 is 0 Å². The van der Waals surface area contributed by atoms with Gasteiger partial charge in [-0.25, -0.2) is 4.98 Å². The van der Waals surface area contributed by atoms with E-state index in [1.54, 1.807) is 18.4 Å². The van der Waals surface area contributed by atoms with Crippen molar-refractivity contribution in [2.24, 2.45) is 0 Å². The van der Waals surface area contributed by atoms with E-state index in [2.05, 4.69) is 10.3 Å². The first-order valence-electron chi connectivity index (χ1n) is 5.60. The standard InChI is InChI=1S/C13H15ClN2OS/c1-8-13(18-9(2)16-8)7-15-11-6-10(14)4-5-12(11)17-3/h4-6,15H,7H2,1-3H3. The largest absolute Gasteiger partial charge is 0.495 e. The van der Waals surface area contributed by atoms with E-state index in [1.807, 2.05) is 32.0 Å². The zero-order valence-corrected chi connectivity index (χ0v) is 12.2. The molecule has 5 heteroatoms. The highest BCUT2D eigenvalue weighted by Gasteiger charge is 2.07. The fourth-order valence-electron chi connectivity index (χ4n) is 1.73. The number of rotatable bonds is 4. The van der Waals surface area contributed by atoms with Gasteiger partial charge in [0.1, 0.15) is 5.75 Å². The van der Waals surface area contributed by atoms with Crippen LogP contribution in [0.3, 0.4) is 0 Å². The monoisotopic (exact) mass is 282 g/mol. The zero-order valence-electron chi connectivity index (χ0n) is 10.6. The highest BCUT2D eigenvalue weighted by molar-refractivity contribution is 7.11. The number of benzene rings is 1. The number of anilines is 1. The third-order valence-corrected chi connectivity index (χ3v) is 3.91. The molecule has 1 aromatic heterocycles. The van der Waals surface area contributed by atoms with Gasteiger partial charge in [0, 0.05) is 9.90 Å². The van der Waals surface area contributed by atoms with Gasteiger partial charge in [-0.2, -0.15) is 0 Å². The Morgan fingerprint density at radius 2 is 2.17 bits per heavy atom. The number of nitrogens with zero attached hydrogens (tertiary/aromatic N) is 1. The molecule has 18 heavy (non-hydrogen) atoms. The normalized spacial score (nSPS) is 10.4. The van der Waals surface area contributed by atoms with Crippen LogP contribution in [0.2, 0.25) is 5.02 Å². The molecule has 1 heterocycles. The molecule has 0 unspecified atom stereocenters. The van der Waals surface area contributed by atoms with Crippen LogP contribution >= 0.6 is 22.9 Å². The van der Waals surface area contributed by atoms with Crippen molar-refractivity contribution in [2.45, 2.75) is 20.4 Å². The number of aryl methyl sites for hydroxylation is 2. The molecule has 0 fully saturated rings. The lowest BCUT2D eigenvalue weighted by Gasteiger charge is -2.10. The molecule has 2 rings (SSSR count). The molecule has 1 N–H and O–H groups in total. The smallest absolute Gasteiger partial charge is 0.142 e. The molecule has 0 spiro atoms. The Kier molecular flexibility index (Phi) is 4.09. The minimum absolute atomic E-state index is 0.690. The molecular weight excluding hydrogens is 268 g/mol. The lowest BCUT2D eigenvalue weighted by molar-refractivity contribution is 0.416. The fraction of sp³-hybridized carbons (Fsp3) is 0.308. The number of ether oxygens (including phenoxy) is 1. The molecule has 0 aliphatic carbocycles. The minimum Gasteiger partial charge on any atom is -0.495 e. The molecule has 0 amide bonds. The van der Waals surface area contributed by atoms with Crippen molar-refractivity contribution in [3.8, 4) is 5.75 Å². The maximum atomic E-state index is 5.99. The molecule has 0 atom stereocenters. The molecule has 0 bridgehead atoms. The van der Waals surface area contributed by atoms with Crippen molar-refractivity contribution in [3.63, 3.8) is 0 Å². The van der Waals surface area contributed by atoms with Crippen molar-refractivity contribution in [1.29, 1.82) is 0 Å². The van der Waals surface area contributed by atoms with Gasteiger partial charge in [-0.3, -0.25) is 0 Å². The Hall–Kier alpha value is -1.26. The summed E-state index contributed by atoms with van der Waals surface area (Å²) >= 11 is 7.69. The van der Waals surface area contributed by atoms with Gasteiger partial charge in [-0.15, -0.1) is 11.3 Å². The van der Waals surface area contributed by atoms with Crippen LogP contribution in [0.15, 0.2) is 18.2 Å². The molecule has 0 saturated carbocycles. The molecule has 2 aromatic rings. The molecule has 1 aromatic carbocycles. The average molecular weight is 283 g/mol. The topological polar surface area (TPSA) is 34.1 Å². The zero-order chi connectivity index (χ0) is 13.1. The van der Waals surface area contributed by atoms with E-state index in [-0.39, 0.29) is 0 Å². The Labute approximate surface area is 116 Å². The Bertz CT molecular complexity index is 554. The first kappa shape index (κ1) is 13.2. The fourth-order valence-corrected chi connectivity index (χ4v) is 2.78. The summed E-state index contributed by atoms with van der Waals surface area (Å²) in [7, 11) is 1.65. The van der Waals surface area contributed by atoms with Gasteiger partial charge < -0.3 is 10.1 Å². The Morgan fingerprint density at radius 1 is 1.39 bits per heavy atom. The van der Waals surface area contributed by atoms with Gasteiger partial charge in [0.25, 0.3) is 0 Å². The van der Waals surface area contributed by atoms with Crippen LogP contribution in [0, 0.1) is 13.8 Å². The number of halogens is 1. The Morgan fingerprint density at radius 3 is 2.78 bits per heavy atom. The summed E-state index contributed by atoms with van der Waals surface area (Å²) in [4.78, 5) is 5.64. The van der Waals surface area contributed by atoms with E-state index in [9.17, 15) is 0 Å². The molecule has 0 aliphatic heterocycles. The predicted molar refractivity (Wildman–Crippen MR) is 76.9 cm³/mol. The van der Waals surface area contributed by atoms with Crippen molar-refractivity contribution >= 4 is 28.6 Å². The van der Waals surface area contributed by atoms with Crippen LogP contribution < -0.4 is 10.1 Å². The number of methoxy groups -OCH3 is 1.